The second-order valence-electron chi connectivity index (χ2n) is 3.51. The molecule has 0 aliphatic rings. The summed E-state index contributed by atoms with van der Waals surface area (Å²) in [7, 11) is 1.65. The van der Waals surface area contributed by atoms with Crippen molar-refractivity contribution in [3.05, 3.63) is 60.2 Å². The molecule has 2 aromatic carbocycles. The van der Waals surface area contributed by atoms with Crippen LogP contribution in [0.4, 0.5) is 5.69 Å². The highest BCUT2D eigenvalue weighted by molar-refractivity contribution is 5.80. The molecular weight excluding hydrogens is 212 g/mol. The summed E-state index contributed by atoms with van der Waals surface area (Å²) in [6.07, 6.45) is 1.76. The van der Waals surface area contributed by atoms with E-state index in [9.17, 15) is 0 Å². The number of methoxy groups -OCH3 is 1. The minimum atomic E-state index is 0.827. The van der Waals surface area contributed by atoms with E-state index in [-0.39, 0.29) is 0 Å². The zero-order chi connectivity index (χ0) is 11.9. The van der Waals surface area contributed by atoms with Crippen LogP contribution < -0.4 is 10.2 Å². The van der Waals surface area contributed by atoms with Crippen LogP contribution in [0.15, 0.2) is 59.7 Å². The number of hydrazone groups is 1. The maximum Gasteiger partial charge on any atom is 0.119 e. The molecule has 0 atom stereocenters. The number of anilines is 1. The first-order chi connectivity index (χ1) is 8.38. The van der Waals surface area contributed by atoms with Gasteiger partial charge in [-0.3, -0.25) is 5.43 Å². The van der Waals surface area contributed by atoms with Crippen LogP contribution in [-0.2, 0) is 0 Å². The van der Waals surface area contributed by atoms with Crippen molar-refractivity contribution in [1.29, 1.82) is 0 Å². The summed E-state index contributed by atoms with van der Waals surface area (Å²) >= 11 is 0. The number of ether oxygens (including phenoxy) is 1. The summed E-state index contributed by atoms with van der Waals surface area (Å²) in [5.41, 5.74) is 4.92. The van der Waals surface area contributed by atoms with Crippen LogP contribution in [0.1, 0.15) is 5.56 Å². The fourth-order valence-electron chi connectivity index (χ4n) is 1.42. The Morgan fingerprint density at radius 2 is 1.88 bits per heavy atom. The third-order valence-corrected chi connectivity index (χ3v) is 2.27. The Hall–Kier alpha value is -2.29. The molecule has 0 saturated carbocycles. The summed E-state index contributed by atoms with van der Waals surface area (Å²) in [4.78, 5) is 0. The molecule has 3 nitrogen and oxygen atoms in total. The lowest BCUT2D eigenvalue weighted by Gasteiger charge is -2.00. The smallest absolute Gasteiger partial charge is 0.119 e. The Morgan fingerprint density at radius 3 is 2.65 bits per heavy atom. The number of nitrogens with one attached hydrogen (secondary N) is 1. The summed E-state index contributed by atoms with van der Waals surface area (Å²) < 4.78 is 5.14. The Kier molecular flexibility index (Phi) is 3.76. The molecule has 0 radical (unpaired) electrons. The largest absolute Gasteiger partial charge is 0.497 e. The van der Waals surface area contributed by atoms with Gasteiger partial charge in [0.25, 0.3) is 0 Å². The molecule has 0 heterocycles. The van der Waals surface area contributed by atoms with Crippen LogP contribution in [0.25, 0.3) is 0 Å². The van der Waals surface area contributed by atoms with Crippen LogP contribution in [-0.4, -0.2) is 13.3 Å². The van der Waals surface area contributed by atoms with E-state index in [2.05, 4.69) is 10.5 Å². The fourth-order valence-corrected chi connectivity index (χ4v) is 1.42. The van der Waals surface area contributed by atoms with E-state index < -0.39 is 0 Å². The van der Waals surface area contributed by atoms with Gasteiger partial charge in [0.2, 0.25) is 0 Å². The van der Waals surface area contributed by atoms with Gasteiger partial charge in [0.15, 0.2) is 0 Å². The fraction of sp³-hybridized carbons (Fsp3) is 0.0714. The molecule has 0 aliphatic carbocycles. The number of rotatable bonds is 4. The topological polar surface area (TPSA) is 33.6 Å². The molecule has 0 fully saturated rings. The summed E-state index contributed by atoms with van der Waals surface area (Å²) in [5, 5.41) is 4.16. The molecule has 3 heteroatoms. The van der Waals surface area contributed by atoms with Crippen LogP contribution in [0.3, 0.4) is 0 Å². The molecule has 1 N–H and O–H groups in total. The number of hydrogen-bond acceptors (Lipinski definition) is 3. The normalized spacial score (nSPS) is 10.4. The van der Waals surface area contributed by atoms with Crippen molar-refractivity contribution in [2.45, 2.75) is 0 Å². The van der Waals surface area contributed by atoms with Crippen molar-refractivity contribution in [1.82, 2.24) is 0 Å². The van der Waals surface area contributed by atoms with E-state index in [1.165, 1.54) is 0 Å². The molecule has 2 rings (SSSR count). The van der Waals surface area contributed by atoms with Gasteiger partial charge in [-0.2, -0.15) is 5.10 Å². The van der Waals surface area contributed by atoms with E-state index >= 15 is 0 Å². The molecule has 0 aromatic heterocycles. The SMILES string of the molecule is COc1cccc(/C=N/Nc2ccccc2)c1. The first-order valence-corrected chi connectivity index (χ1v) is 5.36. The van der Waals surface area contributed by atoms with Crippen LogP contribution in [0, 0.1) is 0 Å². The van der Waals surface area contributed by atoms with Crippen molar-refractivity contribution in [3.8, 4) is 5.75 Å². The van der Waals surface area contributed by atoms with Crippen LogP contribution >= 0.6 is 0 Å². The van der Waals surface area contributed by atoms with E-state index in [0.29, 0.717) is 0 Å². The van der Waals surface area contributed by atoms with Gasteiger partial charge < -0.3 is 4.74 Å². The minimum Gasteiger partial charge on any atom is -0.497 e. The molecule has 86 valence electrons. The van der Waals surface area contributed by atoms with Gasteiger partial charge in [-0.25, -0.2) is 0 Å². The van der Waals surface area contributed by atoms with Gasteiger partial charge in [0.1, 0.15) is 5.75 Å². The molecule has 2 aromatic rings. The van der Waals surface area contributed by atoms with Crippen molar-refractivity contribution < 1.29 is 4.74 Å². The number of hydrogen-bond donors (Lipinski definition) is 1. The molecule has 0 amide bonds. The second kappa shape index (κ2) is 5.70. The lowest BCUT2D eigenvalue weighted by Crippen LogP contribution is -1.90. The van der Waals surface area contributed by atoms with Crippen molar-refractivity contribution in [2.24, 2.45) is 5.10 Å². The summed E-state index contributed by atoms with van der Waals surface area (Å²) in [6, 6.07) is 17.6. The minimum absolute atomic E-state index is 0.827. The van der Waals surface area contributed by atoms with E-state index in [1.54, 1.807) is 13.3 Å². The highest BCUT2D eigenvalue weighted by Gasteiger charge is 1.91. The zero-order valence-corrected chi connectivity index (χ0v) is 9.63. The maximum absolute atomic E-state index is 5.14. The molecule has 0 aliphatic heterocycles. The molecule has 17 heavy (non-hydrogen) atoms. The monoisotopic (exact) mass is 226 g/mol. The third-order valence-electron chi connectivity index (χ3n) is 2.27. The Labute approximate surface area is 101 Å². The van der Waals surface area contributed by atoms with Gasteiger partial charge in [0.05, 0.1) is 19.0 Å². The number of benzene rings is 2. The average Bonchev–Trinajstić information content (AvgIpc) is 2.40. The Balaban J connectivity index is 2.00. The zero-order valence-electron chi connectivity index (χ0n) is 9.63. The van der Waals surface area contributed by atoms with Crippen molar-refractivity contribution >= 4 is 11.9 Å². The maximum atomic E-state index is 5.14. The highest BCUT2D eigenvalue weighted by Crippen LogP contribution is 2.11. The van der Waals surface area contributed by atoms with Gasteiger partial charge >= 0.3 is 0 Å². The lowest BCUT2D eigenvalue weighted by molar-refractivity contribution is 0.415. The number of nitrogens with zero attached hydrogens (tertiary/aromatic N) is 1. The van der Waals surface area contributed by atoms with Gasteiger partial charge in [-0.05, 0) is 29.8 Å². The first kappa shape index (κ1) is 11.2. The Bertz CT molecular complexity index is 495. The number of para-hydroxylation sites is 1. The molecular formula is C14H14N2O. The summed E-state index contributed by atoms with van der Waals surface area (Å²) in [6.45, 7) is 0. The van der Waals surface area contributed by atoms with Crippen LogP contribution in [0.5, 0.6) is 5.75 Å². The predicted octanol–water partition coefficient (Wildman–Crippen LogP) is 3.14. The molecule has 0 unspecified atom stereocenters. The van der Waals surface area contributed by atoms with Gasteiger partial charge in [0, 0.05) is 0 Å². The van der Waals surface area contributed by atoms with E-state index in [0.717, 1.165) is 17.0 Å². The first-order valence-electron chi connectivity index (χ1n) is 5.36. The summed E-state index contributed by atoms with van der Waals surface area (Å²) in [5.74, 6) is 0.827. The van der Waals surface area contributed by atoms with E-state index in [1.807, 2.05) is 54.6 Å². The Morgan fingerprint density at radius 1 is 1.06 bits per heavy atom. The van der Waals surface area contributed by atoms with Gasteiger partial charge in [-0.15, -0.1) is 0 Å². The molecule has 0 spiro atoms. The van der Waals surface area contributed by atoms with E-state index in [4.69, 9.17) is 4.74 Å². The molecule has 0 saturated heterocycles. The second-order valence-corrected chi connectivity index (χ2v) is 3.51. The van der Waals surface area contributed by atoms with Crippen LogP contribution in [0.2, 0.25) is 0 Å². The molecule has 0 bridgehead atoms. The standard InChI is InChI=1S/C14H14N2O/c1-17-14-9-5-6-12(10-14)11-15-16-13-7-3-2-4-8-13/h2-11,16H,1H3/b15-11+. The lowest BCUT2D eigenvalue weighted by atomic mass is 10.2. The predicted molar refractivity (Wildman–Crippen MR) is 70.7 cm³/mol. The van der Waals surface area contributed by atoms with Crippen molar-refractivity contribution in [2.75, 3.05) is 12.5 Å². The highest BCUT2D eigenvalue weighted by atomic mass is 16.5. The van der Waals surface area contributed by atoms with Gasteiger partial charge in [-0.1, -0.05) is 30.3 Å². The average molecular weight is 226 g/mol. The third kappa shape index (κ3) is 3.34. The van der Waals surface area contributed by atoms with Crippen molar-refractivity contribution in [3.63, 3.8) is 0 Å². The quantitative estimate of drug-likeness (QED) is 0.642.